The van der Waals surface area contributed by atoms with Gasteiger partial charge in [0.05, 0.1) is 17.0 Å². The van der Waals surface area contributed by atoms with Gasteiger partial charge in [0.1, 0.15) is 30.2 Å². The fourth-order valence-electron chi connectivity index (χ4n) is 5.21. The highest BCUT2D eigenvalue weighted by Crippen LogP contribution is 2.36. The first-order chi connectivity index (χ1) is 17.3. The van der Waals surface area contributed by atoms with E-state index in [0.29, 0.717) is 60.9 Å². The van der Waals surface area contributed by atoms with Gasteiger partial charge in [-0.3, -0.25) is 4.90 Å². The second-order valence-corrected chi connectivity index (χ2v) is 11.6. The summed E-state index contributed by atoms with van der Waals surface area (Å²) in [6.45, 7) is 12.0. The second-order valence-electron chi connectivity index (χ2n) is 9.68. The minimum absolute atomic E-state index is 0.141. The summed E-state index contributed by atoms with van der Waals surface area (Å²) in [5.41, 5.74) is 1.38. The van der Waals surface area contributed by atoms with Crippen LogP contribution in [0.15, 0.2) is 35.6 Å². The summed E-state index contributed by atoms with van der Waals surface area (Å²) >= 11 is 0. The van der Waals surface area contributed by atoms with Crippen molar-refractivity contribution in [2.24, 2.45) is 0 Å². The zero-order valence-electron chi connectivity index (χ0n) is 21.5. The third kappa shape index (κ3) is 4.44. The Morgan fingerprint density at radius 2 is 1.78 bits per heavy atom. The highest BCUT2D eigenvalue weighted by atomic mass is 32.2. The number of hydrogen-bond donors (Lipinski definition) is 0. The Kier molecular flexibility index (Phi) is 6.88. The molecule has 0 N–H and O–H groups in total. The summed E-state index contributed by atoms with van der Waals surface area (Å²) in [7, 11) is -3.64. The summed E-state index contributed by atoms with van der Waals surface area (Å²) in [5, 5.41) is 4.33. The van der Waals surface area contributed by atoms with Gasteiger partial charge in [-0.1, -0.05) is 13.8 Å². The van der Waals surface area contributed by atoms with E-state index in [1.807, 2.05) is 29.3 Å². The molecule has 0 amide bonds. The van der Waals surface area contributed by atoms with Gasteiger partial charge in [0.2, 0.25) is 10.0 Å². The van der Waals surface area contributed by atoms with Crippen LogP contribution in [-0.4, -0.2) is 80.8 Å². The molecule has 10 nitrogen and oxygen atoms in total. The third-order valence-electron chi connectivity index (χ3n) is 7.22. The number of benzene rings is 1. The molecule has 2 aliphatic heterocycles. The van der Waals surface area contributed by atoms with Gasteiger partial charge in [-0.15, -0.1) is 0 Å². The predicted molar refractivity (Wildman–Crippen MR) is 137 cm³/mol. The van der Waals surface area contributed by atoms with Gasteiger partial charge >= 0.3 is 0 Å². The summed E-state index contributed by atoms with van der Waals surface area (Å²) in [6.07, 6.45) is 5.63. The number of rotatable bonds is 7. The summed E-state index contributed by atoms with van der Waals surface area (Å²) in [4.78, 5) is 12.0. The topological polar surface area (TPSA) is 98.4 Å². The van der Waals surface area contributed by atoms with Crippen molar-refractivity contribution < 1.29 is 13.2 Å². The molecule has 0 aliphatic carbocycles. The molecule has 2 aliphatic rings. The molecule has 194 valence electrons. The first-order valence-corrected chi connectivity index (χ1v) is 14.3. The van der Waals surface area contributed by atoms with E-state index in [2.05, 4.69) is 28.8 Å². The largest absolute Gasteiger partial charge is 0.491 e. The molecular weight excluding hydrogens is 478 g/mol. The Bertz CT molecular complexity index is 1320. The molecule has 4 heterocycles. The maximum Gasteiger partial charge on any atom is 0.243 e. The van der Waals surface area contributed by atoms with Crippen LogP contribution >= 0.6 is 0 Å². The van der Waals surface area contributed by atoms with Crippen molar-refractivity contribution in [3.63, 3.8) is 0 Å². The molecular formula is C25H35N7O3S. The van der Waals surface area contributed by atoms with Gasteiger partial charge in [0, 0.05) is 44.5 Å². The molecule has 0 spiro atoms. The number of imidazole rings is 1. The van der Waals surface area contributed by atoms with Gasteiger partial charge < -0.3 is 9.30 Å². The number of hydrogen-bond acceptors (Lipinski definition) is 7. The number of fused-ring (bicyclic) bond motifs is 3. The molecule has 36 heavy (non-hydrogen) atoms. The Hall–Kier alpha value is -2.76. The van der Waals surface area contributed by atoms with E-state index in [1.165, 1.54) is 6.33 Å². The zero-order chi connectivity index (χ0) is 25.4. The first kappa shape index (κ1) is 24.9. The molecule has 0 saturated carbocycles. The van der Waals surface area contributed by atoms with Crippen LogP contribution in [0.2, 0.25) is 0 Å². The van der Waals surface area contributed by atoms with Gasteiger partial charge in [-0.2, -0.15) is 9.40 Å². The highest BCUT2D eigenvalue weighted by Gasteiger charge is 2.32. The molecule has 3 aromatic rings. The third-order valence-corrected chi connectivity index (χ3v) is 9.11. The lowest BCUT2D eigenvalue weighted by Crippen LogP contribution is -2.51. The van der Waals surface area contributed by atoms with E-state index >= 15 is 0 Å². The minimum atomic E-state index is -3.64. The van der Waals surface area contributed by atoms with Crippen molar-refractivity contribution in [3.8, 4) is 28.7 Å². The van der Waals surface area contributed by atoms with Crippen molar-refractivity contribution >= 4 is 10.0 Å². The average molecular weight is 514 g/mol. The molecule has 1 aromatic carbocycles. The maximum absolute atomic E-state index is 13.6. The normalized spacial score (nSPS) is 17.2. The van der Waals surface area contributed by atoms with Gasteiger partial charge in [-0.05, 0) is 44.9 Å². The maximum atomic E-state index is 13.6. The van der Waals surface area contributed by atoms with Crippen molar-refractivity contribution in [3.05, 3.63) is 30.7 Å². The van der Waals surface area contributed by atoms with Crippen LogP contribution in [0.5, 0.6) is 5.75 Å². The van der Waals surface area contributed by atoms with Crippen LogP contribution < -0.4 is 4.74 Å². The zero-order valence-corrected chi connectivity index (χ0v) is 22.3. The number of ether oxygens (including phenoxy) is 1. The molecule has 1 saturated heterocycles. The first-order valence-electron chi connectivity index (χ1n) is 12.8. The van der Waals surface area contributed by atoms with Gasteiger partial charge in [0.25, 0.3) is 0 Å². The van der Waals surface area contributed by atoms with Crippen LogP contribution in [0.4, 0.5) is 0 Å². The number of sulfonamides is 1. The van der Waals surface area contributed by atoms with Crippen LogP contribution in [0.1, 0.15) is 46.6 Å². The van der Waals surface area contributed by atoms with Crippen LogP contribution in [-0.2, 0) is 16.6 Å². The molecule has 11 heteroatoms. The smallest absolute Gasteiger partial charge is 0.243 e. The molecule has 1 fully saturated rings. The lowest BCUT2D eigenvalue weighted by Gasteiger charge is -2.38. The van der Waals surface area contributed by atoms with E-state index in [1.54, 1.807) is 22.5 Å². The average Bonchev–Trinajstić information content (AvgIpc) is 3.49. The number of nitrogens with zero attached hydrogens (tertiary/aromatic N) is 7. The van der Waals surface area contributed by atoms with Crippen LogP contribution in [0.3, 0.4) is 0 Å². The van der Waals surface area contributed by atoms with Crippen molar-refractivity contribution in [2.75, 3.05) is 32.8 Å². The lowest BCUT2D eigenvalue weighted by molar-refractivity contribution is 0.130. The van der Waals surface area contributed by atoms with E-state index in [9.17, 15) is 8.42 Å². The molecule has 2 aromatic heterocycles. The molecule has 5 rings (SSSR count). The predicted octanol–water partition coefficient (Wildman–Crippen LogP) is 3.28. The number of piperazine rings is 1. The molecule has 0 atom stereocenters. The lowest BCUT2D eigenvalue weighted by atomic mass is 10.1. The van der Waals surface area contributed by atoms with E-state index in [0.717, 1.165) is 25.9 Å². The quantitative estimate of drug-likeness (QED) is 0.478. The van der Waals surface area contributed by atoms with Gasteiger partial charge in [0.15, 0.2) is 5.82 Å². The SMILES string of the molecule is CCC(CC)N1CCN(S(=O)(=O)c2ccc3c(c2)-c2nc(-c4ncnn4C(C)C)cn2CCO3)CC1. The fraction of sp³-hybridized carbons (Fsp3) is 0.560. The van der Waals surface area contributed by atoms with Crippen molar-refractivity contribution in [1.29, 1.82) is 0 Å². The van der Waals surface area contributed by atoms with Crippen molar-refractivity contribution in [2.45, 2.75) is 64.1 Å². The molecule has 0 unspecified atom stereocenters. The second kappa shape index (κ2) is 9.95. The Labute approximate surface area is 213 Å². The number of aromatic nitrogens is 5. The van der Waals surface area contributed by atoms with E-state index < -0.39 is 10.0 Å². The fourth-order valence-corrected chi connectivity index (χ4v) is 6.66. The van der Waals surface area contributed by atoms with E-state index in [-0.39, 0.29) is 10.9 Å². The summed E-state index contributed by atoms with van der Waals surface area (Å²) in [5.74, 6) is 1.99. The van der Waals surface area contributed by atoms with E-state index in [4.69, 9.17) is 9.72 Å². The summed E-state index contributed by atoms with van der Waals surface area (Å²) < 4.78 is 38.6. The molecule has 0 radical (unpaired) electrons. The Morgan fingerprint density at radius 3 is 2.47 bits per heavy atom. The molecule has 0 bridgehead atoms. The van der Waals surface area contributed by atoms with Crippen LogP contribution in [0, 0.1) is 0 Å². The standard InChI is InChI=1S/C25H35N7O3S/c1-5-19(6-2)29-9-11-31(12-10-29)36(33,34)20-7-8-23-21(15-20)24-28-22(16-30(24)13-14-35-23)25-26-17-27-32(25)18(3)4/h7-8,15-19H,5-6,9-14H2,1-4H3. The van der Waals surface area contributed by atoms with Gasteiger partial charge in [-0.25, -0.2) is 23.1 Å². The minimum Gasteiger partial charge on any atom is -0.491 e. The summed E-state index contributed by atoms with van der Waals surface area (Å²) in [6, 6.07) is 5.76. The Morgan fingerprint density at radius 1 is 1.03 bits per heavy atom. The van der Waals surface area contributed by atoms with Crippen molar-refractivity contribution in [1.82, 2.24) is 33.5 Å². The van der Waals surface area contributed by atoms with Crippen LogP contribution in [0.25, 0.3) is 22.9 Å². The monoisotopic (exact) mass is 513 g/mol. The highest BCUT2D eigenvalue weighted by molar-refractivity contribution is 7.89. The Balaban J connectivity index is 1.46.